The molecule has 0 aromatic heterocycles. The number of oxime groups is 1. The Morgan fingerprint density at radius 2 is 1.46 bits per heavy atom. The van der Waals surface area contributed by atoms with Crippen LogP contribution in [0.25, 0.3) is 0 Å². The average Bonchev–Trinajstić information content (AvgIpc) is 2.59. The van der Waals surface area contributed by atoms with E-state index >= 15 is 0 Å². The number of benzene rings is 2. The zero-order valence-corrected chi connectivity index (χ0v) is 16.1. The minimum absolute atomic E-state index is 0.0709. The predicted octanol–water partition coefficient (Wildman–Crippen LogP) is 3.98. The number of nitrogens with zero attached hydrogens (tertiary/aromatic N) is 1. The molecule has 0 spiro atoms. The van der Waals surface area contributed by atoms with Gasteiger partial charge < -0.3 is 9.63 Å². The minimum atomic E-state index is -2.52. The number of rotatable bonds is 6. The maximum atomic E-state index is 8.77. The Bertz CT molecular complexity index is 629. The van der Waals surface area contributed by atoms with Gasteiger partial charge in [0.1, 0.15) is 5.17 Å². The molecule has 0 unspecified atom stereocenters. The molecule has 2 rings (SSSR count). The largest absolute Gasteiger partial charge is 0.410 e. The highest BCUT2D eigenvalue weighted by molar-refractivity contribution is 6.99. The van der Waals surface area contributed by atoms with Crippen LogP contribution < -0.4 is 10.4 Å². The Kier molecular flexibility index (Phi) is 6.21. The molecule has 1 N–H and O–H groups in total. The van der Waals surface area contributed by atoms with Gasteiger partial charge in [-0.1, -0.05) is 98.2 Å². The Balaban J connectivity index is 2.53. The second-order valence-electron chi connectivity index (χ2n) is 6.74. The van der Waals surface area contributed by atoms with Gasteiger partial charge in [-0.05, 0) is 15.4 Å². The summed E-state index contributed by atoms with van der Waals surface area (Å²) in [5, 5.41) is 14.3. The maximum Gasteiger partial charge on any atom is 0.261 e. The van der Waals surface area contributed by atoms with E-state index in [4.69, 9.17) is 21.2 Å². The second-order valence-corrected chi connectivity index (χ2v) is 11.5. The fourth-order valence-corrected chi connectivity index (χ4v) is 7.74. The molecule has 0 bridgehead atoms. The van der Waals surface area contributed by atoms with E-state index in [1.807, 2.05) is 12.1 Å². The topological polar surface area (TPSA) is 41.8 Å². The first-order valence-electron chi connectivity index (χ1n) is 8.03. The monoisotopic (exact) mass is 361 g/mol. The third-order valence-electron chi connectivity index (χ3n) is 4.15. The highest BCUT2D eigenvalue weighted by Crippen LogP contribution is 2.36. The number of halogens is 1. The molecule has 3 nitrogen and oxygen atoms in total. The smallest absolute Gasteiger partial charge is 0.261 e. The van der Waals surface area contributed by atoms with Crippen molar-refractivity contribution in [2.24, 2.45) is 5.16 Å². The van der Waals surface area contributed by atoms with E-state index < -0.39 is 8.32 Å². The first-order chi connectivity index (χ1) is 11.4. The molecule has 0 fully saturated rings. The van der Waals surface area contributed by atoms with Gasteiger partial charge in [-0.2, -0.15) is 0 Å². The molecule has 0 aliphatic rings. The van der Waals surface area contributed by atoms with Gasteiger partial charge in [-0.15, -0.1) is 0 Å². The third-order valence-corrected chi connectivity index (χ3v) is 9.46. The van der Waals surface area contributed by atoms with Crippen molar-refractivity contribution in [1.82, 2.24) is 0 Å². The lowest BCUT2D eigenvalue weighted by atomic mass is 10.2. The summed E-state index contributed by atoms with van der Waals surface area (Å²) in [7, 11) is -2.52. The van der Waals surface area contributed by atoms with E-state index in [9.17, 15) is 0 Å². The van der Waals surface area contributed by atoms with Crippen LogP contribution in [0.4, 0.5) is 0 Å². The fraction of sp³-hybridized carbons (Fsp3) is 0.316. The third kappa shape index (κ3) is 3.89. The van der Waals surface area contributed by atoms with Gasteiger partial charge in [0.2, 0.25) is 0 Å². The highest BCUT2D eigenvalue weighted by atomic mass is 35.5. The van der Waals surface area contributed by atoms with Crippen LogP contribution in [0.5, 0.6) is 0 Å². The molecule has 0 aliphatic heterocycles. The summed E-state index contributed by atoms with van der Waals surface area (Å²) in [6.45, 7) is 7.08. The second kappa shape index (κ2) is 7.97. The molecule has 0 radical (unpaired) electrons. The molecule has 24 heavy (non-hydrogen) atoms. The Hall–Kier alpha value is -1.62. The first-order valence-corrected chi connectivity index (χ1v) is 10.3. The van der Waals surface area contributed by atoms with Crippen molar-refractivity contribution in [2.45, 2.75) is 32.2 Å². The summed E-state index contributed by atoms with van der Waals surface area (Å²) in [5.41, 5.74) is 0. The summed E-state index contributed by atoms with van der Waals surface area (Å²) in [5.74, 6) is 0. The molecule has 2 aromatic rings. The summed E-state index contributed by atoms with van der Waals surface area (Å²) < 4.78 is 6.60. The molecule has 2 aromatic carbocycles. The van der Waals surface area contributed by atoms with Gasteiger partial charge >= 0.3 is 0 Å². The van der Waals surface area contributed by atoms with Crippen LogP contribution in [-0.4, -0.2) is 25.3 Å². The number of hydrogen-bond donors (Lipinski definition) is 1. The van der Waals surface area contributed by atoms with Gasteiger partial charge in [-0.25, -0.2) is 0 Å². The normalized spacial score (nSPS) is 13.1. The molecule has 5 heteroatoms. The van der Waals surface area contributed by atoms with Gasteiger partial charge in [0, 0.05) is 13.0 Å². The lowest BCUT2D eigenvalue weighted by molar-refractivity contribution is 0.299. The quantitative estimate of drug-likeness (QED) is 0.366. The van der Waals surface area contributed by atoms with Crippen LogP contribution in [0, 0.1) is 0 Å². The van der Waals surface area contributed by atoms with Crippen LogP contribution in [-0.2, 0) is 4.43 Å². The zero-order valence-electron chi connectivity index (χ0n) is 14.4. The van der Waals surface area contributed by atoms with Crippen LogP contribution in [0.2, 0.25) is 5.04 Å². The molecular formula is C19H24ClNO2Si. The van der Waals surface area contributed by atoms with Gasteiger partial charge in [0.05, 0.1) is 0 Å². The van der Waals surface area contributed by atoms with Crippen LogP contribution in [0.1, 0.15) is 27.2 Å². The van der Waals surface area contributed by atoms with E-state index in [-0.39, 0.29) is 10.2 Å². The Labute approximate surface area is 150 Å². The molecule has 0 saturated carbocycles. The van der Waals surface area contributed by atoms with Gasteiger partial charge in [0.25, 0.3) is 8.32 Å². The molecule has 0 amide bonds. The van der Waals surface area contributed by atoms with Crippen molar-refractivity contribution < 1.29 is 9.63 Å². The average molecular weight is 362 g/mol. The Morgan fingerprint density at radius 1 is 1.00 bits per heavy atom. The van der Waals surface area contributed by atoms with Crippen molar-refractivity contribution in [1.29, 1.82) is 0 Å². The summed E-state index contributed by atoms with van der Waals surface area (Å²) in [6, 6.07) is 20.8. The van der Waals surface area contributed by atoms with Crippen molar-refractivity contribution in [2.75, 3.05) is 6.61 Å². The van der Waals surface area contributed by atoms with Crippen LogP contribution in [0.15, 0.2) is 65.8 Å². The summed E-state index contributed by atoms with van der Waals surface area (Å²) in [6.07, 6.45) is 0.391. The van der Waals surface area contributed by atoms with Crippen molar-refractivity contribution >= 4 is 35.5 Å². The molecule has 128 valence electrons. The lowest BCUT2D eigenvalue weighted by Gasteiger charge is -2.43. The van der Waals surface area contributed by atoms with Gasteiger partial charge in [0.15, 0.2) is 0 Å². The zero-order chi connectivity index (χ0) is 17.6. The van der Waals surface area contributed by atoms with E-state index in [1.165, 1.54) is 10.4 Å². The highest BCUT2D eigenvalue weighted by Gasteiger charge is 2.49. The molecule has 0 aliphatic carbocycles. The van der Waals surface area contributed by atoms with E-state index in [0.717, 1.165) is 0 Å². The van der Waals surface area contributed by atoms with Crippen molar-refractivity contribution in [3.8, 4) is 0 Å². The van der Waals surface area contributed by atoms with E-state index in [1.54, 1.807) is 0 Å². The molecular weight excluding hydrogens is 338 g/mol. The summed E-state index contributed by atoms with van der Waals surface area (Å²) >= 11 is 5.84. The predicted molar refractivity (Wildman–Crippen MR) is 103 cm³/mol. The van der Waals surface area contributed by atoms with Crippen LogP contribution in [0.3, 0.4) is 0 Å². The van der Waals surface area contributed by atoms with Crippen molar-refractivity contribution in [3.05, 3.63) is 60.7 Å². The minimum Gasteiger partial charge on any atom is -0.410 e. The SMILES string of the molecule is CC(C)(C)[Si](OCC/C(Cl)=N/O)(c1ccccc1)c1ccccc1. The standard InChI is InChI=1S/C19H24ClNO2Si/c1-19(2,3)24(16-10-6-4-7-11-16,17-12-8-5-9-13-17)23-15-14-18(20)21-22/h4-13,22H,14-15H2,1-3H3/b21-18-. The maximum absolute atomic E-state index is 8.77. The van der Waals surface area contributed by atoms with Gasteiger partial charge in [-0.3, -0.25) is 0 Å². The fourth-order valence-electron chi connectivity index (χ4n) is 3.10. The first kappa shape index (κ1) is 18.7. The van der Waals surface area contributed by atoms with E-state index in [2.05, 4.69) is 74.5 Å². The van der Waals surface area contributed by atoms with Crippen LogP contribution >= 0.6 is 11.6 Å². The van der Waals surface area contributed by atoms with E-state index in [0.29, 0.717) is 13.0 Å². The Morgan fingerprint density at radius 3 is 1.83 bits per heavy atom. The molecule has 0 heterocycles. The molecule has 0 saturated heterocycles. The molecule has 0 atom stereocenters. The lowest BCUT2D eigenvalue weighted by Crippen LogP contribution is -2.66. The number of hydrogen-bond acceptors (Lipinski definition) is 3. The van der Waals surface area contributed by atoms with Crippen molar-refractivity contribution in [3.63, 3.8) is 0 Å². The summed E-state index contributed by atoms with van der Waals surface area (Å²) in [4.78, 5) is 0.